The number of rotatable bonds is 2. The van der Waals surface area contributed by atoms with Crippen LogP contribution < -0.4 is 5.73 Å². The molecule has 0 saturated carbocycles. The molecule has 0 aliphatic carbocycles. The van der Waals surface area contributed by atoms with Crippen LogP contribution in [-0.4, -0.2) is 0 Å². The Kier molecular flexibility index (Phi) is 3.33. The zero-order chi connectivity index (χ0) is 10.9. The fraction of sp³-hybridized carbons (Fsp3) is 0.538. The number of aryl methyl sites for hydroxylation is 3. The summed E-state index contributed by atoms with van der Waals surface area (Å²) in [4.78, 5) is 0. The minimum absolute atomic E-state index is 0.163. The number of hydrogen-bond donors (Lipinski definition) is 1. The van der Waals surface area contributed by atoms with Gasteiger partial charge in [-0.15, -0.1) is 0 Å². The first-order valence-electron chi connectivity index (χ1n) is 5.26. The first kappa shape index (κ1) is 11.3. The molecule has 1 rings (SSSR count). The lowest BCUT2D eigenvalue weighted by atomic mass is 9.89. The molecule has 0 spiro atoms. The molecule has 0 aliphatic rings. The van der Waals surface area contributed by atoms with E-state index in [-0.39, 0.29) is 6.04 Å². The van der Waals surface area contributed by atoms with Crippen LogP contribution >= 0.6 is 0 Å². The predicted molar refractivity (Wildman–Crippen MR) is 62.4 cm³/mol. The molecule has 0 bridgehead atoms. The van der Waals surface area contributed by atoms with Gasteiger partial charge in [0.25, 0.3) is 0 Å². The Morgan fingerprint density at radius 2 is 1.43 bits per heavy atom. The molecule has 0 radical (unpaired) electrons. The third kappa shape index (κ3) is 2.16. The van der Waals surface area contributed by atoms with Crippen LogP contribution in [0.25, 0.3) is 0 Å². The summed E-state index contributed by atoms with van der Waals surface area (Å²) in [5.74, 6) is 0.495. The predicted octanol–water partition coefficient (Wildman–Crippen LogP) is 3.27. The second-order valence-corrected chi connectivity index (χ2v) is 4.58. The average Bonchev–Trinajstić information content (AvgIpc) is 2.01. The first-order valence-corrected chi connectivity index (χ1v) is 5.26. The maximum absolute atomic E-state index is 6.19. The molecule has 14 heavy (non-hydrogen) atoms. The molecule has 78 valence electrons. The van der Waals surface area contributed by atoms with Crippen LogP contribution in [-0.2, 0) is 0 Å². The maximum atomic E-state index is 6.19. The van der Waals surface area contributed by atoms with Gasteiger partial charge in [0, 0.05) is 6.04 Å². The summed E-state index contributed by atoms with van der Waals surface area (Å²) in [6, 6.07) is 4.59. The third-order valence-electron chi connectivity index (χ3n) is 2.79. The number of hydrogen-bond acceptors (Lipinski definition) is 1. The maximum Gasteiger partial charge on any atom is 0.0323 e. The zero-order valence-electron chi connectivity index (χ0n) is 9.89. The van der Waals surface area contributed by atoms with Crippen molar-refractivity contribution < 1.29 is 0 Å². The molecule has 1 aromatic carbocycles. The van der Waals surface area contributed by atoms with Crippen molar-refractivity contribution in [1.29, 1.82) is 0 Å². The van der Waals surface area contributed by atoms with Crippen molar-refractivity contribution in [2.75, 3.05) is 0 Å². The number of nitrogens with two attached hydrogens (primary N) is 1. The highest BCUT2D eigenvalue weighted by molar-refractivity contribution is 5.39. The van der Waals surface area contributed by atoms with Crippen molar-refractivity contribution in [3.63, 3.8) is 0 Å². The molecule has 1 nitrogen and oxygen atoms in total. The van der Waals surface area contributed by atoms with E-state index in [2.05, 4.69) is 46.8 Å². The van der Waals surface area contributed by atoms with Gasteiger partial charge in [0.05, 0.1) is 0 Å². The second kappa shape index (κ2) is 4.14. The largest absolute Gasteiger partial charge is 0.324 e. The SMILES string of the molecule is Cc1cc(C)c(C(N)C(C)C)c(C)c1. The molecule has 0 amide bonds. The summed E-state index contributed by atoms with van der Waals surface area (Å²) in [6.45, 7) is 10.8. The smallest absolute Gasteiger partial charge is 0.0323 e. The summed E-state index contributed by atoms with van der Waals surface area (Å²) in [5, 5.41) is 0. The second-order valence-electron chi connectivity index (χ2n) is 4.58. The highest BCUT2D eigenvalue weighted by Crippen LogP contribution is 2.26. The standard InChI is InChI=1S/C13H21N/c1-8(2)13(14)12-10(4)6-9(3)7-11(12)5/h6-8,13H,14H2,1-5H3. The van der Waals surface area contributed by atoms with Crippen LogP contribution in [0.3, 0.4) is 0 Å². The zero-order valence-corrected chi connectivity index (χ0v) is 9.89. The normalized spacial score (nSPS) is 13.4. The minimum atomic E-state index is 0.163. The van der Waals surface area contributed by atoms with Gasteiger partial charge in [0.1, 0.15) is 0 Å². The highest BCUT2D eigenvalue weighted by atomic mass is 14.6. The molecule has 0 heterocycles. The summed E-state index contributed by atoms with van der Waals surface area (Å²) in [6.07, 6.45) is 0. The van der Waals surface area contributed by atoms with Crippen molar-refractivity contribution in [3.8, 4) is 0 Å². The average molecular weight is 191 g/mol. The Morgan fingerprint density at radius 3 is 1.79 bits per heavy atom. The topological polar surface area (TPSA) is 26.0 Å². The lowest BCUT2D eigenvalue weighted by Crippen LogP contribution is -2.19. The van der Waals surface area contributed by atoms with Gasteiger partial charge in [0.15, 0.2) is 0 Å². The van der Waals surface area contributed by atoms with E-state index in [4.69, 9.17) is 5.73 Å². The molecule has 2 N–H and O–H groups in total. The molecule has 0 aliphatic heterocycles. The van der Waals surface area contributed by atoms with E-state index in [1.165, 1.54) is 22.3 Å². The van der Waals surface area contributed by atoms with Crippen LogP contribution in [0.15, 0.2) is 12.1 Å². The molecular formula is C13H21N. The summed E-state index contributed by atoms with van der Waals surface area (Å²) in [7, 11) is 0. The van der Waals surface area contributed by atoms with Gasteiger partial charge in [-0.3, -0.25) is 0 Å². The lowest BCUT2D eigenvalue weighted by Gasteiger charge is -2.21. The summed E-state index contributed by atoms with van der Waals surface area (Å²) in [5.41, 5.74) is 11.5. The monoisotopic (exact) mass is 191 g/mol. The Balaban J connectivity index is 3.20. The van der Waals surface area contributed by atoms with E-state index >= 15 is 0 Å². The van der Waals surface area contributed by atoms with Crippen molar-refractivity contribution in [2.24, 2.45) is 11.7 Å². The van der Waals surface area contributed by atoms with Gasteiger partial charge >= 0.3 is 0 Å². The first-order chi connectivity index (χ1) is 6.43. The Hall–Kier alpha value is -0.820. The van der Waals surface area contributed by atoms with Gasteiger partial charge in [0.2, 0.25) is 0 Å². The van der Waals surface area contributed by atoms with E-state index < -0.39 is 0 Å². The van der Waals surface area contributed by atoms with Crippen LogP contribution in [0, 0.1) is 26.7 Å². The van der Waals surface area contributed by atoms with Gasteiger partial charge in [-0.25, -0.2) is 0 Å². The van der Waals surface area contributed by atoms with Crippen molar-refractivity contribution in [3.05, 3.63) is 34.4 Å². The summed E-state index contributed by atoms with van der Waals surface area (Å²) >= 11 is 0. The fourth-order valence-corrected chi connectivity index (χ4v) is 2.05. The molecule has 0 fully saturated rings. The van der Waals surface area contributed by atoms with E-state index in [1.807, 2.05) is 0 Å². The van der Waals surface area contributed by atoms with Crippen LogP contribution in [0.5, 0.6) is 0 Å². The van der Waals surface area contributed by atoms with Crippen molar-refractivity contribution in [1.82, 2.24) is 0 Å². The lowest BCUT2D eigenvalue weighted by molar-refractivity contribution is 0.510. The van der Waals surface area contributed by atoms with E-state index in [0.29, 0.717) is 5.92 Å². The highest BCUT2D eigenvalue weighted by Gasteiger charge is 2.15. The molecular weight excluding hydrogens is 170 g/mol. The van der Waals surface area contributed by atoms with E-state index in [0.717, 1.165) is 0 Å². The van der Waals surface area contributed by atoms with Crippen LogP contribution in [0.2, 0.25) is 0 Å². The molecule has 1 atom stereocenters. The van der Waals surface area contributed by atoms with Crippen LogP contribution in [0.1, 0.15) is 42.1 Å². The van der Waals surface area contributed by atoms with Gasteiger partial charge in [-0.2, -0.15) is 0 Å². The molecule has 0 saturated heterocycles. The van der Waals surface area contributed by atoms with Gasteiger partial charge in [-0.05, 0) is 43.4 Å². The fourth-order valence-electron chi connectivity index (χ4n) is 2.05. The van der Waals surface area contributed by atoms with Crippen LogP contribution in [0.4, 0.5) is 0 Å². The van der Waals surface area contributed by atoms with Crippen molar-refractivity contribution in [2.45, 2.75) is 40.7 Å². The Labute approximate surface area is 87.3 Å². The van der Waals surface area contributed by atoms with E-state index in [1.54, 1.807) is 0 Å². The Bertz CT molecular complexity index is 303. The third-order valence-corrected chi connectivity index (χ3v) is 2.79. The van der Waals surface area contributed by atoms with Crippen molar-refractivity contribution >= 4 is 0 Å². The van der Waals surface area contributed by atoms with Gasteiger partial charge in [-0.1, -0.05) is 31.5 Å². The molecule has 1 heteroatoms. The quantitative estimate of drug-likeness (QED) is 0.763. The Morgan fingerprint density at radius 1 is 1.00 bits per heavy atom. The molecule has 0 aromatic heterocycles. The molecule has 1 aromatic rings. The summed E-state index contributed by atoms with van der Waals surface area (Å²) < 4.78 is 0. The number of benzene rings is 1. The van der Waals surface area contributed by atoms with Gasteiger partial charge < -0.3 is 5.73 Å². The molecule has 1 unspecified atom stereocenters. The van der Waals surface area contributed by atoms with E-state index in [9.17, 15) is 0 Å². The minimum Gasteiger partial charge on any atom is -0.324 e.